The van der Waals surface area contributed by atoms with Crippen molar-refractivity contribution in [1.29, 1.82) is 0 Å². The molecule has 0 saturated carbocycles. The van der Waals surface area contributed by atoms with Gasteiger partial charge in [0.25, 0.3) is 0 Å². The molecule has 0 atom stereocenters. The van der Waals surface area contributed by atoms with Gasteiger partial charge < -0.3 is 14.1 Å². The van der Waals surface area contributed by atoms with E-state index >= 15 is 0 Å². The number of aromatic nitrogens is 1. The highest BCUT2D eigenvalue weighted by Crippen LogP contribution is 2.28. The van der Waals surface area contributed by atoms with E-state index in [0.29, 0.717) is 19.0 Å². The van der Waals surface area contributed by atoms with Crippen LogP contribution >= 0.6 is 0 Å². The molecule has 0 aromatic carbocycles. The Morgan fingerprint density at radius 2 is 2.05 bits per heavy atom. The number of ether oxygens (including phenoxy) is 1. The summed E-state index contributed by atoms with van der Waals surface area (Å²) in [5.41, 5.74) is -0.493. The zero-order valence-electron chi connectivity index (χ0n) is 11.6. The van der Waals surface area contributed by atoms with Crippen LogP contribution in [0.1, 0.15) is 50.1 Å². The lowest BCUT2D eigenvalue weighted by atomic mass is 10.0. The number of carbonyl (C=O) groups excluding carboxylic acids is 2. The molecule has 0 radical (unpaired) electrons. The van der Waals surface area contributed by atoms with Crippen LogP contribution in [-0.2, 0) is 4.74 Å². The molecule has 6 nitrogen and oxygen atoms in total. The molecule has 6 heteroatoms. The van der Waals surface area contributed by atoms with Crippen molar-refractivity contribution in [3.05, 3.63) is 17.8 Å². The highest BCUT2D eigenvalue weighted by Gasteiger charge is 2.37. The maximum Gasteiger partial charge on any atom is 0.410 e. The fourth-order valence-electron chi connectivity index (χ4n) is 1.75. The highest BCUT2D eigenvalue weighted by atomic mass is 16.6. The van der Waals surface area contributed by atoms with Crippen molar-refractivity contribution in [2.75, 3.05) is 13.1 Å². The Morgan fingerprint density at radius 1 is 1.42 bits per heavy atom. The highest BCUT2D eigenvalue weighted by molar-refractivity contribution is 5.90. The van der Waals surface area contributed by atoms with Crippen LogP contribution in [0.25, 0.3) is 0 Å². The summed E-state index contributed by atoms with van der Waals surface area (Å²) in [6, 6.07) is 0. The summed E-state index contributed by atoms with van der Waals surface area (Å²) in [7, 11) is 0. The van der Waals surface area contributed by atoms with Gasteiger partial charge in [0, 0.05) is 20.0 Å². The molecule has 1 aromatic heterocycles. The largest absolute Gasteiger partial charge is 0.444 e. The average molecular weight is 266 g/mol. The van der Waals surface area contributed by atoms with Crippen LogP contribution in [0.3, 0.4) is 0 Å². The number of hydrogen-bond donors (Lipinski definition) is 0. The number of carbonyl (C=O) groups is 2. The van der Waals surface area contributed by atoms with Gasteiger partial charge in [0.2, 0.25) is 5.89 Å². The third-order valence-corrected chi connectivity index (χ3v) is 2.75. The van der Waals surface area contributed by atoms with Gasteiger partial charge in [-0.3, -0.25) is 4.79 Å². The van der Waals surface area contributed by atoms with Crippen LogP contribution in [0.15, 0.2) is 10.6 Å². The minimum absolute atomic E-state index is 0.0422. The van der Waals surface area contributed by atoms with Crippen molar-refractivity contribution in [2.24, 2.45) is 0 Å². The number of rotatable bonds is 2. The molecule has 19 heavy (non-hydrogen) atoms. The summed E-state index contributed by atoms with van der Waals surface area (Å²) < 4.78 is 10.6. The van der Waals surface area contributed by atoms with E-state index in [-0.39, 0.29) is 23.6 Å². The second-order valence-corrected chi connectivity index (χ2v) is 5.70. The predicted molar refractivity (Wildman–Crippen MR) is 67.1 cm³/mol. The van der Waals surface area contributed by atoms with E-state index in [2.05, 4.69) is 4.98 Å². The van der Waals surface area contributed by atoms with E-state index in [0.717, 1.165) is 0 Å². The Labute approximate surface area is 111 Å². The van der Waals surface area contributed by atoms with E-state index < -0.39 is 5.60 Å². The third-order valence-electron chi connectivity index (χ3n) is 2.75. The van der Waals surface area contributed by atoms with E-state index in [9.17, 15) is 9.59 Å². The van der Waals surface area contributed by atoms with Crippen molar-refractivity contribution in [3.63, 3.8) is 0 Å². The van der Waals surface area contributed by atoms with Crippen LogP contribution in [0.2, 0.25) is 0 Å². The fraction of sp³-hybridized carbons (Fsp3) is 0.615. The second kappa shape index (κ2) is 4.68. The number of ketones is 1. The van der Waals surface area contributed by atoms with Crippen molar-refractivity contribution in [1.82, 2.24) is 9.88 Å². The van der Waals surface area contributed by atoms with Crippen LogP contribution in [0.5, 0.6) is 0 Å². The molecule has 0 N–H and O–H groups in total. The first-order valence-corrected chi connectivity index (χ1v) is 6.21. The van der Waals surface area contributed by atoms with Crippen LogP contribution in [-0.4, -0.2) is 40.5 Å². The summed E-state index contributed by atoms with van der Waals surface area (Å²) in [4.78, 5) is 28.5. The molecule has 1 amide bonds. The Balaban J connectivity index is 1.89. The average Bonchev–Trinajstić information content (AvgIpc) is 2.61. The van der Waals surface area contributed by atoms with Crippen molar-refractivity contribution in [2.45, 2.75) is 39.2 Å². The molecule has 2 heterocycles. The van der Waals surface area contributed by atoms with Gasteiger partial charge in [0.15, 0.2) is 11.5 Å². The Bertz CT molecular complexity index is 495. The maximum absolute atomic E-state index is 11.7. The lowest BCUT2D eigenvalue weighted by molar-refractivity contribution is 0.00595. The summed E-state index contributed by atoms with van der Waals surface area (Å²) in [6.45, 7) is 7.93. The molecule has 0 unspecified atom stereocenters. The van der Waals surface area contributed by atoms with Crippen molar-refractivity contribution >= 4 is 11.9 Å². The van der Waals surface area contributed by atoms with Crippen LogP contribution < -0.4 is 0 Å². The van der Waals surface area contributed by atoms with E-state index in [1.54, 1.807) is 4.90 Å². The van der Waals surface area contributed by atoms with Gasteiger partial charge in [-0.25, -0.2) is 9.78 Å². The first-order valence-electron chi connectivity index (χ1n) is 6.21. The Hall–Kier alpha value is -1.85. The number of amides is 1. The molecule has 1 fully saturated rings. The molecule has 1 aliphatic rings. The van der Waals surface area contributed by atoms with Gasteiger partial charge in [-0.15, -0.1) is 0 Å². The third kappa shape index (κ3) is 3.13. The first-order chi connectivity index (χ1) is 8.76. The van der Waals surface area contributed by atoms with E-state index in [1.807, 2.05) is 20.8 Å². The molecule has 0 aliphatic carbocycles. The molecule has 2 rings (SSSR count). The molecular weight excluding hydrogens is 248 g/mol. The number of hydrogen-bond acceptors (Lipinski definition) is 5. The topological polar surface area (TPSA) is 72.6 Å². The smallest absolute Gasteiger partial charge is 0.410 e. The standard InChI is InChI=1S/C13H18N2O4/c1-8(16)10-5-14-11(18-10)9-6-15(7-9)12(17)19-13(2,3)4/h5,9H,6-7H2,1-4H3. The van der Waals surface area contributed by atoms with Crippen LogP contribution in [0.4, 0.5) is 4.79 Å². The summed E-state index contributed by atoms with van der Waals surface area (Å²) in [5, 5.41) is 0. The zero-order chi connectivity index (χ0) is 14.2. The fourth-order valence-corrected chi connectivity index (χ4v) is 1.75. The molecule has 0 spiro atoms. The van der Waals surface area contributed by atoms with Crippen LogP contribution in [0, 0.1) is 0 Å². The number of nitrogens with zero attached hydrogens (tertiary/aromatic N) is 2. The summed E-state index contributed by atoms with van der Waals surface area (Å²) >= 11 is 0. The molecule has 1 aliphatic heterocycles. The zero-order valence-corrected chi connectivity index (χ0v) is 11.6. The summed E-state index contributed by atoms with van der Waals surface area (Å²) in [6.07, 6.45) is 1.09. The Morgan fingerprint density at radius 3 is 2.53 bits per heavy atom. The van der Waals surface area contributed by atoms with Crippen molar-refractivity contribution < 1.29 is 18.7 Å². The SMILES string of the molecule is CC(=O)c1cnc(C2CN(C(=O)OC(C)(C)C)C2)o1. The van der Waals surface area contributed by atoms with Gasteiger partial charge in [0.1, 0.15) is 5.60 Å². The normalized spacial score (nSPS) is 16.1. The molecule has 1 saturated heterocycles. The predicted octanol–water partition coefficient (Wildman–Crippen LogP) is 2.21. The molecule has 104 valence electrons. The van der Waals surface area contributed by atoms with Gasteiger partial charge in [0.05, 0.1) is 12.1 Å². The molecule has 0 bridgehead atoms. The van der Waals surface area contributed by atoms with Crippen molar-refractivity contribution in [3.8, 4) is 0 Å². The number of likely N-dealkylation sites (tertiary alicyclic amines) is 1. The van der Waals surface area contributed by atoms with E-state index in [1.165, 1.54) is 13.1 Å². The lowest BCUT2D eigenvalue weighted by Gasteiger charge is -2.38. The maximum atomic E-state index is 11.7. The number of Topliss-reactive ketones (excluding diaryl/α,β-unsaturated/α-hetero) is 1. The minimum atomic E-state index is -0.493. The monoisotopic (exact) mass is 266 g/mol. The number of oxazole rings is 1. The molecule has 1 aromatic rings. The Kier molecular flexibility index (Phi) is 3.34. The quantitative estimate of drug-likeness (QED) is 0.767. The molecular formula is C13H18N2O4. The van der Waals surface area contributed by atoms with Gasteiger partial charge in [-0.2, -0.15) is 0 Å². The van der Waals surface area contributed by atoms with Gasteiger partial charge in [-0.05, 0) is 20.8 Å². The van der Waals surface area contributed by atoms with Gasteiger partial charge >= 0.3 is 6.09 Å². The van der Waals surface area contributed by atoms with Gasteiger partial charge in [-0.1, -0.05) is 0 Å². The summed E-state index contributed by atoms with van der Waals surface area (Å²) in [5.74, 6) is 0.651. The van der Waals surface area contributed by atoms with E-state index in [4.69, 9.17) is 9.15 Å². The first kappa shape index (κ1) is 13.6. The lowest BCUT2D eigenvalue weighted by Crippen LogP contribution is -2.50. The second-order valence-electron chi connectivity index (χ2n) is 5.70. The minimum Gasteiger partial charge on any atom is -0.444 e.